The van der Waals surface area contributed by atoms with Crippen molar-refractivity contribution in [1.29, 1.82) is 0 Å². The topological polar surface area (TPSA) is 85.0 Å². The van der Waals surface area contributed by atoms with E-state index in [1.165, 1.54) is 6.33 Å². The highest BCUT2D eigenvalue weighted by atomic mass is 16.5. The Kier molecular flexibility index (Phi) is 4.36. The fourth-order valence-corrected chi connectivity index (χ4v) is 2.79. The largest absolute Gasteiger partial charge is 0.339 e. The molecule has 1 aliphatic rings. The average Bonchev–Trinajstić information content (AvgIpc) is 3.05. The SMILES string of the molecule is Cc1ncncc1C(=O)N1CCC[C@@H](c2noc(C(C)C)n2)C1. The van der Waals surface area contributed by atoms with Crippen LogP contribution in [0, 0.1) is 6.92 Å². The molecule has 0 aliphatic carbocycles. The Morgan fingerprint density at radius 1 is 1.43 bits per heavy atom. The molecule has 2 aromatic rings. The standard InChI is InChI=1S/C16H21N5O2/c1-10(2)15-19-14(20-23-15)12-5-4-6-21(8-12)16(22)13-7-17-9-18-11(13)3/h7,9-10,12H,4-6,8H2,1-3H3/t12-/m1/s1. The van der Waals surface area contributed by atoms with Crippen LogP contribution in [0.25, 0.3) is 0 Å². The van der Waals surface area contributed by atoms with Crippen LogP contribution in [0.3, 0.4) is 0 Å². The van der Waals surface area contributed by atoms with E-state index in [1.807, 2.05) is 25.7 Å². The first-order valence-corrected chi connectivity index (χ1v) is 7.95. The highest BCUT2D eigenvalue weighted by Crippen LogP contribution is 2.27. The highest BCUT2D eigenvalue weighted by molar-refractivity contribution is 5.95. The Hall–Kier alpha value is -2.31. The summed E-state index contributed by atoms with van der Waals surface area (Å²) in [5.74, 6) is 1.65. The van der Waals surface area contributed by atoms with Gasteiger partial charge in [-0.15, -0.1) is 0 Å². The van der Waals surface area contributed by atoms with Crippen molar-refractivity contribution >= 4 is 5.91 Å². The van der Waals surface area contributed by atoms with E-state index in [1.54, 1.807) is 6.20 Å². The van der Waals surface area contributed by atoms with E-state index in [2.05, 4.69) is 20.1 Å². The number of piperidine rings is 1. The van der Waals surface area contributed by atoms with Gasteiger partial charge in [-0.05, 0) is 19.8 Å². The van der Waals surface area contributed by atoms with E-state index in [9.17, 15) is 4.79 Å². The van der Waals surface area contributed by atoms with Gasteiger partial charge in [0.05, 0.1) is 11.3 Å². The number of hydrogen-bond acceptors (Lipinski definition) is 6. The zero-order chi connectivity index (χ0) is 16.4. The Morgan fingerprint density at radius 3 is 2.96 bits per heavy atom. The van der Waals surface area contributed by atoms with Gasteiger partial charge in [0, 0.05) is 31.1 Å². The van der Waals surface area contributed by atoms with E-state index in [0.29, 0.717) is 29.5 Å². The molecule has 1 aliphatic heterocycles. The van der Waals surface area contributed by atoms with Gasteiger partial charge in [-0.1, -0.05) is 19.0 Å². The highest BCUT2D eigenvalue weighted by Gasteiger charge is 2.29. The molecule has 1 amide bonds. The summed E-state index contributed by atoms with van der Waals surface area (Å²) in [6.45, 7) is 7.20. The van der Waals surface area contributed by atoms with E-state index in [-0.39, 0.29) is 17.7 Å². The van der Waals surface area contributed by atoms with Crippen LogP contribution in [0.4, 0.5) is 0 Å². The molecule has 122 valence electrons. The van der Waals surface area contributed by atoms with Gasteiger partial charge in [-0.2, -0.15) is 4.98 Å². The van der Waals surface area contributed by atoms with Crippen molar-refractivity contribution < 1.29 is 9.32 Å². The molecule has 0 radical (unpaired) electrons. The minimum atomic E-state index is -0.0274. The molecule has 7 heteroatoms. The Bertz CT molecular complexity index is 697. The second-order valence-electron chi connectivity index (χ2n) is 6.26. The van der Waals surface area contributed by atoms with Crippen LogP contribution in [-0.4, -0.2) is 44.0 Å². The Labute approximate surface area is 135 Å². The van der Waals surface area contributed by atoms with Gasteiger partial charge in [0.1, 0.15) is 6.33 Å². The smallest absolute Gasteiger partial charge is 0.257 e. The number of carbonyl (C=O) groups excluding carboxylic acids is 1. The first kappa shape index (κ1) is 15.6. The minimum absolute atomic E-state index is 0.0274. The third-order valence-electron chi connectivity index (χ3n) is 4.17. The van der Waals surface area contributed by atoms with E-state index in [4.69, 9.17) is 4.52 Å². The van der Waals surface area contributed by atoms with Crippen LogP contribution in [-0.2, 0) is 0 Å². The van der Waals surface area contributed by atoms with Crippen molar-refractivity contribution in [2.24, 2.45) is 0 Å². The Morgan fingerprint density at radius 2 is 2.26 bits per heavy atom. The molecule has 0 saturated carbocycles. The molecule has 3 rings (SSSR count). The molecule has 3 heterocycles. The first-order chi connectivity index (χ1) is 11.1. The molecule has 23 heavy (non-hydrogen) atoms. The molecule has 1 atom stereocenters. The number of nitrogens with zero attached hydrogens (tertiary/aromatic N) is 5. The van der Waals surface area contributed by atoms with Crippen molar-refractivity contribution in [2.75, 3.05) is 13.1 Å². The Balaban J connectivity index is 1.75. The van der Waals surface area contributed by atoms with Crippen molar-refractivity contribution in [1.82, 2.24) is 25.0 Å². The second-order valence-corrected chi connectivity index (χ2v) is 6.26. The number of likely N-dealkylation sites (tertiary alicyclic amines) is 1. The number of carbonyl (C=O) groups is 1. The maximum atomic E-state index is 12.7. The van der Waals surface area contributed by atoms with Crippen molar-refractivity contribution in [3.63, 3.8) is 0 Å². The maximum Gasteiger partial charge on any atom is 0.257 e. The maximum absolute atomic E-state index is 12.7. The summed E-state index contributed by atoms with van der Waals surface area (Å²) in [6.07, 6.45) is 4.93. The number of aromatic nitrogens is 4. The van der Waals surface area contributed by atoms with Crippen LogP contribution in [0.2, 0.25) is 0 Å². The summed E-state index contributed by atoms with van der Waals surface area (Å²) in [5.41, 5.74) is 1.26. The third kappa shape index (κ3) is 3.23. The zero-order valence-corrected chi connectivity index (χ0v) is 13.7. The van der Waals surface area contributed by atoms with Gasteiger partial charge in [0.25, 0.3) is 5.91 Å². The van der Waals surface area contributed by atoms with Crippen LogP contribution in [0.15, 0.2) is 17.0 Å². The molecule has 0 bridgehead atoms. The molecule has 1 saturated heterocycles. The molecule has 1 fully saturated rings. The molecule has 0 aromatic carbocycles. The summed E-state index contributed by atoms with van der Waals surface area (Å²) in [7, 11) is 0. The van der Waals surface area contributed by atoms with E-state index < -0.39 is 0 Å². The summed E-state index contributed by atoms with van der Waals surface area (Å²) in [4.78, 5) is 27.1. The lowest BCUT2D eigenvalue weighted by atomic mass is 9.96. The average molecular weight is 315 g/mol. The number of hydrogen-bond donors (Lipinski definition) is 0. The third-order valence-corrected chi connectivity index (χ3v) is 4.17. The van der Waals surface area contributed by atoms with Gasteiger partial charge in [0.15, 0.2) is 5.82 Å². The van der Waals surface area contributed by atoms with Crippen molar-refractivity contribution in [3.05, 3.63) is 35.5 Å². The normalized spacial score (nSPS) is 18.4. The van der Waals surface area contributed by atoms with E-state index >= 15 is 0 Å². The molecule has 0 N–H and O–H groups in total. The predicted octanol–water partition coefficient (Wildman–Crippen LogP) is 2.31. The fraction of sp³-hybridized carbons (Fsp3) is 0.562. The van der Waals surface area contributed by atoms with Gasteiger partial charge >= 0.3 is 0 Å². The minimum Gasteiger partial charge on any atom is -0.339 e. The molecule has 0 unspecified atom stereocenters. The van der Waals surface area contributed by atoms with Crippen molar-refractivity contribution in [3.8, 4) is 0 Å². The van der Waals surface area contributed by atoms with Crippen LogP contribution < -0.4 is 0 Å². The van der Waals surface area contributed by atoms with Gasteiger partial charge in [-0.3, -0.25) is 4.79 Å². The van der Waals surface area contributed by atoms with Gasteiger partial charge in [-0.25, -0.2) is 9.97 Å². The van der Waals surface area contributed by atoms with E-state index in [0.717, 1.165) is 19.4 Å². The van der Waals surface area contributed by atoms with Gasteiger partial charge < -0.3 is 9.42 Å². The molecule has 2 aromatic heterocycles. The number of amides is 1. The van der Waals surface area contributed by atoms with Crippen LogP contribution >= 0.6 is 0 Å². The number of aryl methyl sites for hydroxylation is 1. The van der Waals surface area contributed by atoms with Gasteiger partial charge in [0.2, 0.25) is 5.89 Å². The summed E-state index contributed by atoms with van der Waals surface area (Å²) < 4.78 is 5.29. The molecule has 7 nitrogen and oxygen atoms in total. The summed E-state index contributed by atoms with van der Waals surface area (Å²) in [5, 5.41) is 4.10. The summed E-state index contributed by atoms with van der Waals surface area (Å²) in [6, 6.07) is 0. The quantitative estimate of drug-likeness (QED) is 0.864. The lowest BCUT2D eigenvalue weighted by Crippen LogP contribution is -2.39. The first-order valence-electron chi connectivity index (χ1n) is 7.95. The predicted molar refractivity (Wildman–Crippen MR) is 83.0 cm³/mol. The summed E-state index contributed by atoms with van der Waals surface area (Å²) >= 11 is 0. The van der Waals surface area contributed by atoms with Crippen LogP contribution in [0.5, 0.6) is 0 Å². The number of rotatable bonds is 3. The van der Waals surface area contributed by atoms with Crippen molar-refractivity contribution in [2.45, 2.75) is 45.4 Å². The van der Waals surface area contributed by atoms with Crippen LogP contribution in [0.1, 0.15) is 66.3 Å². The fourth-order valence-electron chi connectivity index (χ4n) is 2.79. The molecular formula is C16H21N5O2. The molecular weight excluding hydrogens is 294 g/mol. The second kappa shape index (κ2) is 6.44. The zero-order valence-electron chi connectivity index (χ0n) is 13.7. The molecule has 0 spiro atoms. The lowest BCUT2D eigenvalue weighted by Gasteiger charge is -2.31. The monoisotopic (exact) mass is 315 g/mol. The lowest BCUT2D eigenvalue weighted by molar-refractivity contribution is 0.0702.